The SMILES string of the molecule is CC(C)CCN(Cc1nc2ccccc2n1CC1CC1)C(=O)c1cccc(CN2CCCCC2)c1. The van der Waals surface area contributed by atoms with Gasteiger partial charge in [0.05, 0.1) is 17.6 Å². The van der Waals surface area contributed by atoms with Gasteiger partial charge < -0.3 is 9.47 Å². The van der Waals surface area contributed by atoms with E-state index >= 15 is 0 Å². The molecule has 2 heterocycles. The fourth-order valence-corrected chi connectivity index (χ4v) is 5.21. The minimum atomic E-state index is 0.121. The number of amides is 1. The van der Waals surface area contributed by atoms with Crippen LogP contribution in [-0.2, 0) is 19.6 Å². The Balaban J connectivity index is 1.39. The van der Waals surface area contributed by atoms with E-state index in [1.807, 2.05) is 11.0 Å². The number of nitrogens with zero attached hydrogens (tertiary/aromatic N) is 4. The maximum Gasteiger partial charge on any atom is 0.254 e. The highest BCUT2D eigenvalue weighted by Crippen LogP contribution is 2.33. The van der Waals surface area contributed by atoms with Gasteiger partial charge in [-0.05, 0) is 86.9 Å². The number of fused-ring (bicyclic) bond motifs is 1. The molecule has 186 valence electrons. The Morgan fingerprint density at radius 3 is 2.63 bits per heavy atom. The zero-order valence-corrected chi connectivity index (χ0v) is 21.5. The van der Waals surface area contributed by atoms with Crippen molar-refractivity contribution in [3.63, 3.8) is 0 Å². The summed E-state index contributed by atoms with van der Waals surface area (Å²) in [6.45, 7) is 10.0. The number of para-hydroxylation sites is 2. The summed E-state index contributed by atoms with van der Waals surface area (Å²) in [5.41, 5.74) is 4.26. The first-order chi connectivity index (χ1) is 17.1. The number of imidazole rings is 1. The number of likely N-dealkylation sites (tertiary alicyclic amines) is 1. The van der Waals surface area contributed by atoms with E-state index in [0.29, 0.717) is 12.5 Å². The number of benzene rings is 2. The van der Waals surface area contributed by atoms with Crippen LogP contribution in [0.1, 0.15) is 74.1 Å². The van der Waals surface area contributed by atoms with E-state index in [2.05, 4.69) is 65.8 Å². The zero-order chi connectivity index (χ0) is 24.2. The molecule has 2 aliphatic rings. The van der Waals surface area contributed by atoms with E-state index in [4.69, 9.17) is 4.98 Å². The first kappa shape index (κ1) is 24.1. The number of hydrogen-bond acceptors (Lipinski definition) is 3. The van der Waals surface area contributed by atoms with Gasteiger partial charge in [-0.1, -0.05) is 44.5 Å². The van der Waals surface area contributed by atoms with E-state index < -0.39 is 0 Å². The molecule has 0 radical (unpaired) electrons. The minimum Gasteiger partial charge on any atom is -0.331 e. The number of rotatable bonds is 10. The molecule has 0 bridgehead atoms. The Morgan fingerprint density at radius 1 is 1.06 bits per heavy atom. The Kier molecular flexibility index (Phi) is 7.52. The molecule has 1 aliphatic heterocycles. The summed E-state index contributed by atoms with van der Waals surface area (Å²) in [5, 5.41) is 0. The molecule has 5 rings (SSSR count). The van der Waals surface area contributed by atoms with Crippen molar-refractivity contribution in [2.75, 3.05) is 19.6 Å². The van der Waals surface area contributed by atoms with Gasteiger partial charge in [0.2, 0.25) is 0 Å². The molecule has 35 heavy (non-hydrogen) atoms. The summed E-state index contributed by atoms with van der Waals surface area (Å²) in [6, 6.07) is 16.7. The van der Waals surface area contributed by atoms with Gasteiger partial charge in [-0.15, -0.1) is 0 Å². The fraction of sp³-hybridized carbons (Fsp3) is 0.533. The molecule has 1 amide bonds. The van der Waals surface area contributed by atoms with Crippen LogP contribution < -0.4 is 0 Å². The second-order valence-corrected chi connectivity index (χ2v) is 11.0. The van der Waals surface area contributed by atoms with Crippen LogP contribution in [0.5, 0.6) is 0 Å². The maximum atomic E-state index is 13.8. The van der Waals surface area contributed by atoms with Gasteiger partial charge in [-0.2, -0.15) is 0 Å². The fourth-order valence-electron chi connectivity index (χ4n) is 5.21. The summed E-state index contributed by atoms with van der Waals surface area (Å²) >= 11 is 0. The summed E-state index contributed by atoms with van der Waals surface area (Å²) < 4.78 is 2.37. The lowest BCUT2D eigenvalue weighted by Crippen LogP contribution is -2.33. The Hall–Kier alpha value is -2.66. The average Bonchev–Trinajstić information content (AvgIpc) is 3.63. The van der Waals surface area contributed by atoms with Crippen LogP contribution in [0.15, 0.2) is 48.5 Å². The third-order valence-corrected chi connectivity index (χ3v) is 7.50. The third-order valence-electron chi connectivity index (χ3n) is 7.50. The van der Waals surface area contributed by atoms with Gasteiger partial charge in [0.15, 0.2) is 0 Å². The minimum absolute atomic E-state index is 0.121. The Bertz CT molecular complexity index is 1140. The highest BCUT2D eigenvalue weighted by molar-refractivity contribution is 5.94. The second kappa shape index (κ2) is 10.9. The van der Waals surface area contributed by atoms with Gasteiger partial charge in [0.1, 0.15) is 5.82 Å². The zero-order valence-electron chi connectivity index (χ0n) is 21.5. The van der Waals surface area contributed by atoms with E-state index in [9.17, 15) is 4.79 Å². The van der Waals surface area contributed by atoms with E-state index in [0.717, 1.165) is 62.0 Å². The molecule has 1 aliphatic carbocycles. The normalized spacial score (nSPS) is 16.8. The molecule has 3 aromatic rings. The monoisotopic (exact) mass is 472 g/mol. The topological polar surface area (TPSA) is 41.4 Å². The molecule has 1 saturated heterocycles. The molecule has 0 spiro atoms. The van der Waals surface area contributed by atoms with Crippen LogP contribution in [0.4, 0.5) is 0 Å². The van der Waals surface area contributed by atoms with Crippen molar-refractivity contribution < 1.29 is 4.79 Å². The summed E-state index contributed by atoms with van der Waals surface area (Å²) in [4.78, 5) is 23.4. The van der Waals surface area contributed by atoms with Crippen molar-refractivity contribution in [1.82, 2.24) is 19.4 Å². The number of aromatic nitrogens is 2. The predicted molar refractivity (Wildman–Crippen MR) is 142 cm³/mol. The predicted octanol–water partition coefficient (Wildman–Crippen LogP) is 6.12. The maximum absolute atomic E-state index is 13.8. The molecular formula is C30H40N4O. The summed E-state index contributed by atoms with van der Waals surface area (Å²) in [6.07, 6.45) is 7.48. The van der Waals surface area contributed by atoms with Crippen LogP contribution in [0, 0.1) is 11.8 Å². The van der Waals surface area contributed by atoms with Crippen molar-refractivity contribution in [1.29, 1.82) is 0 Å². The largest absolute Gasteiger partial charge is 0.331 e. The van der Waals surface area contributed by atoms with Gasteiger partial charge in [0.25, 0.3) is 5.91 Å². The molecule has 2 aromatic carbocycles. The van der Waals surface area contributed by atoms with Crippen LogP contribution >= 0.6 is 0 Å². The smallest absolute Gasteiger partial charge is 0.254 e. The van der Waals surface area contributed by atoms with Crippen LogP contribution in [0.3, 0.4) is 0 Å². The van der Waals surface area contributed by atoms with Gasteiger partial charge >= 0.3 is 0 Å². The quantitative estimate of drug-likeness (QED) is 0.357. The average molecular weight is 473 g/mol. The number of carbonyl (C=O) groups is 1. The molecule has 0 unspecified atom stereocenters. The van der Waals surface area contributed by atoms with Crippen molar-refractivity contribution in [2.24, 2.45) is 11.8 Å². The molecule has 0 atom stereocenters. The lowest BCUT2D eigenvalue weighted by atomic mass is 10.1. The number of hydrogen-bond donors (Lipinski definition) is 0. The molecular weight excluding hydrogens is 432 g/mol. The van der Waals surface area contributed by atoms with Crippen molar-refractivity contribution in [3.05, 3.63) is 65.5 Å². The first-order valence-electron chi connectivity index (χ1n) is 13.6. The van der Waals surface area contributed by atoms with Gasteiger partial charge in [0, 0.05) is 25.2 Å². The van der Waals surface area contributed by atoms with Crippen molar-refractivity contribution >= 4 is 16.9 Å². The summed E-state index contributed by atoms with van der Waals surface area (Å²) in [7, 11) is 0. The van der Waals surface area contributed by atoms with Crippen molar-refractivity contribution in [2.45, 2.75) is 72.0 Å². The second-order valence-electron chi connectivity index (χ2n) is 11.0. The van der Waals surface area contributed by atoms with E-state index in [-0.39, 0.29) is 5.91 Å². The van der Waals surface area contributed by atoms with Crippen LogP contribution in [0.25, 0.3) is 11.0 Å². The summed E-state index contributed by atoms with van der Waals surface area (Å²) in [5.74, 6) is 2.43. The molecule has 5 heteroatoms. The molecule has 0 N–H and O–H groups in total. The molecule has 1 saturated carbocycles. The Morgan fingerprint density at radius 2 is 1.86 bits per heavy atom. The lowest BCUT2D eigenvalue weighted by Gasteiger charge is -2.27. The molecule has 1 aromatic heterocycles. The molecule has 2 fully saturated rings. The number of piperidine rings is 1. The first-order valence-corrected chi connectivity index (χ1v) is 13.6. The standard InChI is InChI=1S/C30H40N4O/c1-23(2)15-18-33(22-29-31-27-11-4-5-12-28(27)34(29)21-24-13-14-24)30(35)26-10-8-9-25(19-26)20-32-16-6-3-7-17-32/h4-5,8-12,19,23-24H,3,6-7,13-18,20-22H2,1-2H3. The van der Waals surface area contributed by atoms with Crippen LogP contribution in [0.2, 0.25) is 0 Å². The highest BCUT2D eigenvalue weighted by atomic mass is 16.2. The number of carbonyl (C=O) groups excluding carboxylic acids is 1. The van der Waals surface area contributed by atoms with Gasteiger partial charge in [-0.3, -0.25) is 9.69 Å². The highest BCUT2D eigenvalue weighted by Gasteiger charge is 2.26. The van der Waals surface area contributed by atoms with E-state index in [1.54, 1.807) is 0 Å². The van der Waals surface area contributed by atoms with E-state index in [1.165, 1.54) is 43.2 Å². The third kappa shape index (κ3) is 6.13. The lowest BCUT2D eigenvalue weighted by molar-refractivity contribution is 0.0729. The van der Waals surface area contributed by atoms with Gasteiger partial charge in [-0.25, -0.2) is 4.98 Å². The molecule has 5 nitrogen and oxygen atoms in total. The van der Waals surface area contributed by atoms with Crippen LogP contribution in [-0.4, -0.2) is 44.9 Å². The Labute approximate surface area is 210 Å². The van der Waals surface area contributed by atoms with Crippen molar-refractivity contribution in [3.8, 4) is 0 Å².